The zero-order valence-electron chi connectivity index (χ0n) is 10.6. The maximum atomic E-state index is 4.40. The van der Waals surface area contributed by atoms with Gasteiger partial charge in [0.15, 0.2) is 0 Å². The SMILES string of the molecule is C=CCN(c1ccccn1)c1cc2ccccc2[nH]1. The van der Waals surface area contributed by atoms with Crippen molar-refractivity contribution in [1.29, 1.82) is 0 Å². The van der Waals surface area contributed by atoms with Crippen LogP contribution < -0.4 is 4.90 Å². The summed E-state index contributed by atoms with van der Waals surface area (Å²) < 4.78 is 0. The number of H-pyrrole nitrogens is 1. The van der Waals surface area contributed by atoms with Crippen molar-refractivity contribution in [1.82, 2.24) is 9.97 Å². The maximum Gasteiger partial charge on any atom is 0.134 e. The Morgan fingerprint density at radius 2 is 2.00 bits per heavy atom. The predicted molar refractivity (Wildman–Crippen MR) is 79.7 cm³/mol. The zero-order chi connectivity index (χ0) is 13.1. The van der Waals surface area contributed by atoms with E-state index in [2.05, 4.69) is 39.6 Å². The molecule has 0 saturated carbocycles. The number of anilines is 2. The molecule has 94 valence electrons. The van der Waals surface area contributed by atoms with Crippen molar-refractivity contribution in [2.24, 2.45) is 0 Å². The van der Waals surface area contributed by atoms with E-state index in [0.29, 0.717) is 6.54 Å². The van der Waals surface area contributed by atoms with E-state index < -0.39 is 0 Å². The Morgan fingerprint density at radius 1 is 1.16 bits per heavy atom. The largest absolute Gasteiger partial charge is 0.341 e. The quantitative estimate of drug-likeness (QED) is 0.711. The highest BCUT2D eigenvalue weighted by molar-refractivity contribution is 5.85. The number of fused-ring (bicyclic) bond motifs is 1. The summed E-state index contributed by atoms with van der Waals surface area (Å²) in [6.45, 7) is 4.53. The number of pyridine rings is 1. The number of aromatic nitrogens is 2. The first-order valence-corrected chi connectivity index (χ1v) is 6.26. The molecule has 2 heterocycles. The Morgan fingerprint density at radius 3 is 2.74 bits per heavy atom. The highest BCUT2D eigenvalue weighted by Gasteiger charge is 2.11. The molecule has 0 radical (unpaired) electrons. The molecule has 0 spiro atoms. The molecule has 0 unspecified atom stereocenters. The Kier molecular flexibility index (Phi) is 3.02. The Balaban J connectivity index is 2.06. The van der Waals surface area contributed by atoms with Gasteiger partial charge in [-0.15, -0.1) is 6.58 Å². The lowest BCUT2D eigenvalue weighted by molar-refractivity contribution is 1.03. The fourth-order valence-electron chi connectivity index (χ4n) is 2.16. The van der Waals surface area contributed by atoms with E-state index in [4.69, 9.17) is 0 Å². The normalized spacial score (nSPS) is 10.5. The molecule has 0 fully saturated rings. The van der Waals surface area contributed by atoms with Gasteiger partial charge in [-0.2, -0.15) is 0 Å². The summed E-state index contributed by atoms with van der Waals surface area (Å²) in [5.41, 5.74) is 1.13. The van der Waals surface area contributed by atoms with E-state index in [1.54, 1.807) is 6.20 Å². The van der Waals surface area contributed by atoms with Gasteiger partial charge in [-0.1, -0.05) is 30.3 Å². The summed E-state index contributed by atoms with van der Waals surface area (Å²) in [6.07, 6.45) is 3.67. The lowest BCUT2D eigenvalue weighted by Gasteiger charge is -2.20. The van der Waals surface area contributed by atoms with Gasteiger partial charge in [-0.3, -0.25) is 0 Å². The van der Waals surface area contributed by atoms with Gasteiger partial charge in [0, 0.05) is 23.6 Å². The summed E-state index contributed by atoms with van der Waals surface area (Å²) in [7, 11) is 0. The first-order valence-electron chi connectivity index (χ1n) is 6.26. The minimum Gasteiger partial charge on any atom is -0.341 e. The fraction of sp³-hybridized carbons (Fsp3) is 0.0625. The number of benzene rings is 1. The third-order valence-electron chi connectivity index (χ3n) is 3.04. The van der Waals surface area contributed by atoms with Crippen LogP contribution in [0.3, 0.4) is 0 Å². The van der Waals surface area contributed by atoms with E-state index >= 15 is 0 Å². The van der Waals surface area contributed by atoms with Crippen LogP contribution in [0.1, 0.15) is 0 Å². The molecule has 3 heteroatoms. The van der Waals surface area contributed by atoms with E-state index in [1.165, 1.54) is 5.39 Å². The van der Waals surface area contributed by atoms with E-state index in [-0.39, 0.29) is 0 Å². The highest BCUT2D eigenvalue weighted by Crippen LogP contribution is 2.26. The van der Waals surface area contributed by atoms with Crippen molar-refractivity contribution < 1.29 is 0 Å². The summed E-state index contributed by atoms with van der Waals surface area (Å²) >= 11 is 0. The summed E-state index contributed by atoms with van der Waals surface area (Å²) in [5, 5.41) is 1.20. The van der Waals surface area contributed by atoms with Crippen LogP contribution in [0.15, 0.2) is 67.4 Å². The molecule has 0 bridgehead atoms. The first kappa shape index (κ1) is 11.5. The molecule has 0 aliphatic carbocycles. The standard InChI is InChI=1S/C16H15N3/c1-2-11-19(15-9-5-6-10-17-15)16-12-13-7-3-4-8-14(13)18-16/h2-10,12,18H,1,11H2. The molecular formula is C16H15N3. The summed E-state index contributed by atoms with van der Waals surface area (Å²) in [4.78, 5) is 9.92. The Bertz CT molecular complexity index is 652. The second-order valence-electron chi connectivity index (χ2n) is 4.33. The Labute approximate surface area is 112 Å². The van der Waals surface area contributed by atoms with Gasteiger partial charge in [-0.25, -0.2) is 4.98 Å². The molecule has 3 aromatic rings. The van der Waals surface area contributed by atoms with Crippen LogP contribution in [0, 0.1) is 0 Å². The lowest BCUT2D eigenvalue weighted by atomic mass is 10.2. The van der Waals surface area contributed by atoms with Crippen LogP contribution in [-0.4, -0.2) is 16.5 Å². The van der Waals surface area contributed by atoms with Crippen molar-refractivity contribution >= 4 is 22.5 Å². The number of nitrogens with one attached hydrogen (secondary N) is 1. The molecule has 0 saturated heterocycles. The minimum absolute atomic E-state index is 0.712. The van der Waals surface area contributed by atoms with Gasteiger partial charge < -0.3 is 9.88 Å². The summed E-state index contributed by atoms with van der Waals surface area (Å²) in [6, 6.07) is 16.3. The van der Waals surface area contributed by atoms with Crippen LogP contribution >= 0.6 is 0 Å². The van der Waals surface area contributed by atoms with Crippen molar-refractivity contribution in [2.45, 2.75) is 0 Å². The molecule has 1 N–H and O–H groups in total. The zero-order valence-corrected chi connectivity index (χ0v) is 10.6. The second-order valence-corrected chi connectivity index (χ2v) is 4.33. The van der Waals surface area contributed by atoms with E-state index in [0.717, 1.165) is 17.2 Å². The van der Waals surface area contributed by atoms with Crippen LogP contribution in [0.4, 0.5) is 11.6 Å². The molecule has 3 nitrogen and oxygen atoms in total. The second kappa shape index (κ2) is 4.98. The average Bonchev–Trinajstić information content (AvgIpc) is 2.89. The molecule has 3 rings (SSSR count). The topological polar surface area (TPSA) is 31.9 Å². The molecule has 0 aliphatic heterocycles. The molecule has 0 amide bonds. The molecular weight excluding hydrogens is 234 g/mol. The van der Waals surface area contributed by atoms with E-state index in [1.807, 2.05) is 36.4 Å². The van der Waals surface area contributed by atoms with Gasteiger partial charge in [0.1, 0.15) is 11.6 Å². The van der Waals surface area contributed by atoms with Crippen molar-refractivity contribution in [3.8, 4) is 0 Å². The molecule has 2 aromatic heterocycles. The number of hydrogen-bond donors (Lipinski definition) is 1. The van der Waals surface area contributed by atoms with Crippen molar-refractivity contribution in [3.05, 3.63) is 67.4 Å². The van der Waals surface area contributed by atoms with Gasteiger partial charge in [-0.05, 0) is 24.3 Å². The number of rotatable bonds is 4. The number of hydrogen-bond acceptors (Lipinski definition) is 2. The molecule has 19 heavy (non-hydrogen) atoms. The molecule has 1 aromatic carbocycles. The highest BCUT2D eigenvalue weighted by atomic mass is 15.2. The smallest absolute Gasteiger partial charge is 0.134 e. The number of aromatic amines is 1. The average molecular weight is 249 g/mol. The number of para-hydroxylation sites is 1. The predicted octanol–water partition coefficient (Wildman–Crippen LogP) is 3.89. The molecule has 0 aliphatic rings. The first-order chi connectivity index (χ1) is 9.38. The maximum absolute atomic E-state index is 4.40. The third kappa shape index (κ3) is 2.22. The van der Waals surface area contributed by atoms with Crippen LogP contribution in [0.2, 0.25) is 0 Å². The fourth-order valence-corrected chi connectivity index (χ4v) is 2.16. The lowest BCUT2D eigenvalue weighted by Crippen LogP contribution is -2.18. The van der Waals surface area contributed by atoms with Crippen LogP contribution in [0.5, 0.6) is 0 Å². The monoisotopic (exact) mass is 249 g/mol. The van der Waals surface area contributed by atoms with Gasteiger partial charge in [0.2, 0.25) is 0 Å². The van der Waals surface area contributed by atoms with Crippen LogP contribution in [-0.2, 0) is 0 Å². The van der Waals surface area contributed by atoms with Gasteiger partial charge >= 0.3 is 0 Å². The van der Waals surface area contributed by atoms with Crippen LogP contribution in [0.25, 0.3) is 10.9 Å². The Hall–Kier alpha value is -2.55. The number of nitrogens with zero attached hydrogens (tertiary/aromatic N) is 2. The molecule has 0 atom stereocenters. The van der Waals surface area contributed by atoms with Crippen molar-refractivity contribution in [2.75, 3.05) is 11.4 Å². The van der Waals surface area contributed by atoms with Gasteiger partial charge in [0.25, 0.3) is 0 Å². The minimum atomic E-state index is 0.712. The van der Waals surface area contributed by atoms with Gasteiger partial charge in [0.05, 0.1) is 0 Å². The summed E-state index contributed by atoms with van der Waals surface area (Å²) in [5.74, 6) is 1.94. The van der Waals surface area contributed by atoms with Crippen molar-refractivity contribution in [3.63, 3.8) is 0 Å². The third-order valence-corrected chi connectivity index (χ3v) is 3.04. The van der Waals surface area contributed by atoms with E-state index in [9.17, 15) is 0 Å².